The largest absolute Gasteiger partial charge is 0.354 e. The second-order valence-electron chi connectivity index (χ2n) is 8.40. The number of piperazine rings is 1. The van der Waals surface area contributed by atoms with Gasteiger partial charge in [0.25, 0.3) is 0 Å². The molecule has 2 saturated heterocycles. The van der Waals surface area contributed by atoms with Gasteiger partial charge in [-0.05, 0) is 35.6 Å². The first-order valence-corrected chi connectivity index (χ1v) is 10.5. The van der Waals surface area contributed by atoms with Gasteiger partial charge in [-0.25, -0.2) is 9.59 Å². The van der Waals surface area contributed by atoms with Crippen molar-refractivity contribution in [3.8, 4) is 5.69 Å². The molecule has 3 fully saturated rings. The van der Waals surface area contributed by atoms with Crippen LogP contribution in [0.4, 0.5) is 10.6 Å². The van der Waals surface area contributed by atoms with Gasteiger partial charge in [-0.3, -0.25) is 14.8 Å². The third-order valence-electron chi connectivity index (χ3n) is 6.40. The Morgan fingerprint density at radius 2 is 1.83 bits per heavy atom. The lowest BCUT2D eigenvalue weighted by Crippen LogP contribution is -2.48. The maximum atomic E-state index is 12.5. The zero-order chi connectivity index (χ0) is 20.7. The molecule has 1 aromatic heterocycles. The van der Waals surface area contributed by atoms with Crippen molar-refractivity contribution in [1.29, 1.82) is 0 Å². The van der Waals surface area contributed by atoms with E-state index in [0.29, 0.717) is 31.0 Å². The van der Waals surface area contributed by atoms with E-state index in [4.69, 9.17) is 5.73 Å². The number of nitrogens with zero attached hydrogens (tertiary/aromatic N) is 4. The number of benzene rings is 1. The van der Waals surface area contributed by atoms with Crippen molar-refractivity contribution in [1.82, 2.24) is 24.7 Å². The topological polar surface area (TPSA) is 109 Å². The number of carbonyl (C=O) groups excluding carboxylic acids is 1. The van der Waals surface area contributed by atoms with Crippen LogP contribution in [0.15, 0.2) is 41.3 Å². The maximum Gasteiger partial charge on any atom is 0.354 e. The summed E-state index contributed by atoms with van der Waals surface area (Å²) in [6.07, 6.45) is 1.65. The fourth-order valence-corrected chi connectivity index (χ4v) is 4.53. The lowest BCUT2D eigenvalue weighted by molar-refractivity contribution is 0.204. The zero-order valence-electron chi connectivity index (χ0n) is 16.8. The maximum absolute atomic E-state index is 12.5. The van der Waals surface area contributed by atoms with Gasteiger partial charge in [0.1, 0.15) is 5.82 Å². The van der Waals surface area contributed by atoms with Gasteiger partial charge in [-0.1, -0.05) is 12.1 Å². The number of nitrogens with one attached hydrogen (secondary N) is 2. The van der Waals surface area contributed by atoms with E-state index in [1.165, 1.54) is 10.1 Å². The summed E-state index contributed by atoms with van der Waals surface area (Å²) < 4.78 is 1.48. The summed E-state index contributed by atoms with van der Waals surface area (Å²) in [7, 11) is 0. The molecule has 9 nitrogen and oxygen atoms in total. The van der Waals surface area contributed by atoms with Crippen molar-refractivity contribution in [2.45, 2.75) is 12.6 Å². The second-order valence-corrected chi connectivity index (χ2v) is 8.40. The number of urea groups is 1. The Morgan fingerprint density at radius 3 is 2.50 bits per heavy atom. The Kier molecular flexibility index (Phi) is 5.01. The molecular weight excluding hydrogens is 382 g/mol. The monoisotopic (exact) mass is 409 g/mol. The SMILES string of the molecule is N[C@@H]1[C@H]2CN(Cc3ccc(-n4ccc(NC(=O)N5CCNCC5)nc4=O)cc3)C[C@@H]12. The highest BCUT2D eigenvalue weighted by molar-refractivity contribution is 5.88. The number of amides is 2. The molecule has 3 heterocycles. The third-order valence-corrected chi connectivity index (χ3v) is 6.40. The fraction of sp³-hybridized carbons (Fsp3) is 0.476. The zero-order valence-corrected chi connectivity index (χ0v) is 16.8. The molecule has 1 saturated carbocycles. The Labute approximate surface area is 174 Å². The Balaban J connectivity index is 1.22. The van der Waals surface area contributed by atoms with E-state index in [1.807, 2.05) is 24.3 Å². The van der Waals surface area contributed by atoms with Crippen LogP contribution < -0.4 is 22.1 Å². The summed E-state index contributed by atoms with van der Waals surface area (Å²) in [5, 5.41) is 5.91. The molecule has 30 heavy (non-hydrogen) atoms. The van der Waals surface area contributed by atoms with Crippen molar-refractivity contribution in [2.75, 3.05) is 44.6 Å². The van der Waals surface area contributed by atoms with Crippen molar-refractivity contribution < 1.29 is 4.79 Å². The molecular formula is C21H27N7O2. The predicted octanol–water partition coefficient (Wildman–Crippen LogP) is 0.0585. The van der Waals surface area contributed by atoms with Gasteiger partial charge in [0.15, 0.2) is 0 Å². The number of rotatable bonds is 4. The first-order valence-electron chi connectivity index (χ1n) is 10.5. The number of fused-ring (bicyclic) bond motifs is 1. The molecule has 5 rings (SSSR count). The highest BCUT2D eigenvalue weighted by Crippen LogP contribution is 2.44. The van der Waals surface area contributed by atoms with Crippen LogP contribution >= 0.6 is 0 Å². The molecule has 158 valence electrons. The Morgan fingerprint density at radius 1 is 1.13 bits per heavy atom. The Hall–Kier alpha value is -2.75. The number of nitrogens with two attached hydrogens (primary N) is 1. The first-order chi connectivity index (χ1) is 14.6. The van der Waals surface area contributed by atoms with Gasteiger partial charge in [-0.2, -0.15) is 4.98 Å². The summed E-state index contributed by atoms with van der Waals surface area (Å²) in [5.41, 5.74) is 7.56. The van der Waals surface area contributed by atoms with Gasteiger partial charge in [0.2, 0.25) is 0 Å². The molecule has 3 aliphatic rings. The summed E-state index contributed by atoms with van der Waals surface area (Å²) in [6, 6.07) is 9.78. The number of anilines is 1. The summed E-state index contributed by atoms with van der Waals surface area (Å²) >= 11 is 0. The van der Waals surface area contributed by atoms with Crippen LogP contribution in [0.5, 0.6) is 0 Å². The van der Waals surface area contributed by atoms with Crippen molar-refractivity contribution in [3.63, 3.8) is 0 Å². The highest BCUT2D eigenvalue weighted by Gasteiger charge is 2.53. The van der Waals surface area contributed by atoms with Crippen LogP contribution in [-0.2, 0) is 6.54 Å². The number of hydrogen-bond acceptors (Lipinski definition) is 6. The van der Waals surface area contributed by atoms with Gasteiger partial charge in [0.05, 0.1) is 5.69 Å². The average molecular weight is 409 g/mol. The molecule has 0 bridgehead atoms. The quantitative estimate of drug-likeness (QED) is 0.659. The first kappa shape index (κ1) is 19.2. The molecule has 9 heteroatoms. The number of carbonyl (C=O) groups is 1. The standard InChI is InChI=1S/C21H27N7O2/c22-19-16-12-26(13-17(16)19)11-14-1-3-15(4-2-14)28-8-5-18(25-21(28)30)24-20(29)27-9-6-23-7-10-27/h1-5,8,16-17,19,23H,6-7,9-13,22H2,(H,24,25,29,30)/t16-,17+,19+. The number of likely N-dealkylation sites (tertiary alicyclic amines) is 1. The summed E-state index contributed by atoms with van der Waals surface area (Å²) in [5.74, 6) is 1.63. The van der Waals surface area contributed by atoms with E-state index in [9.17, 15) is 9.59 Å². The van der Waals surface area contributed by atoms with Crippen LogP contribution in [0.25, 0.3) is 5.69 Å². The van der Waals surface area contributed by atoms with Crippen molar-refractivity contribution in [3.05, 3.63) is 52.6 Å². The van der Waals surface area contributed by atoms with E-state index in [2.05, 4.69) is 20.5 Å². The molecule has 2 aliphatic heterocycles. The van der Waals surface area contributed by atoms with E-state index in [1.54, 1.807) is 17.2 Å². The minimum atomic E-state index is -0.422. The molecule has 3 atom stereocenters. The fourth-order valence-electron chi connectivity index (χ4n) is 4.53. The van der Waals surface area contributed by atoms with Crippen LogP contribution in [0, 0.1) is 11.8 Å². The summed E-state index contributed by atoms with van der Waals surface area (Å²) in [4.78, 5) is 32.9. The summed E-state index contributed by atoms with van der Waals surface area (Å²) in [6.45, 7) is 5.89. The average Bonchev–Trinajstić information content (AvgIpc) is 3.16. The van der Waals surface area contributed by atoms with Crippen molar-refractivity contribution >= 4 is 11.8 Å². The number of aromatic nitrogens is 2. The normalized spacial score (nSPS) is 25.8. The molecule has 2 aromatic rings. The van der Waals surface area contributed by atoms with Crippen LogP contribution in [0.1, 0.15) is 5.56 Å². The van der Waals surface area contributed by atoms with Gasteiger partial charge in [0, 0.05) is 58.1 Å². The van der Waals surface area contributed by atoms with Gasteiger partial charge in [-0.15, -0.1) is 0 Å². The molecule has 1 aromatic carbocycles. The minimum absolute atomic E-state index is 0.231. The molecule has 0 unspecified atom stereocenters. The minimum Gasteiger partial charge on any atom is -0.327 e. The van der Waals surface area contributed by atoms with Crippen LogP contribution in [0.3, 0.4) is 0 Å². The smallest absolute Gasteiger partial charge is 0.327 e. The second kappa shape index (κ2) is 7.82. The Bertz CT molecular complexity index is 972. The molecule has 2 amide bonds. The van der Waals surface area contributed by atoms with E-state index >= 15 is 0 Å². The predicted molar refractivity (Wildman–Crippen MR) is 114 cm³/mol. The number of piperidine rings is 1. The lowest BCUT2D eigenvalue weighted by atomic mass is 10.2. The number of hydrogen-bond donors (Lipinski definition) is 3. The van der Waals surface area contributed by atoms with Crippen LogP contribution in [-0.4, -0.2) is 70.7 Å². The highest BCUT2D eigenvalue weighted by atomic mass is 16.2. The molecule has 0 radical (unpaired) electrons. The van der Waals surface area contributed by atoms with Gasteiger partial charge < -0.3 is 16.0 Å². The van der Waals surface area contributed by atoms with Gasteiger partial charge >= 0.3 is 11.7 Å². The lowest BCUT2D eigenvalue weighted by Gasteiger charge is -2.27. The third kappa shape index (κ3) is 3.83. The van der Waals surface area contributed by atoms with E-state index in [-0.39, 0.29) is 11.8 Å². The van der Waals surface area contributed by atoms with Crippen molar-refractivity contribution in [2.24, 2.45) is 17.6 Å². The van der Waals surface area contributed by atoms with Crippen LogP contribution in [0.2, 0.25) is 0 Å². The molecule has 0 spiro atoms. The van der Waals surface area contributed by atoms with E-state index in [0.717, 1.165) is 38.4 Å². The molecule has 4 N–H and O–H groups in total. The van der Waals surface area contributed by atoms with E-state index < -0.39 is 5.69 Å². The molecule has 1 aliphatic carbocycles.